The predicted octanol–water partition coefficient (Wildman–Crippen LogP) is 2.98. The van der Waals surface area contributed by atoms with Crippen LogP contribution in [0, 0.1) is 12.8 Å². The third-order valence-electron chi connectivity index (χ3n) is 5.59. The highest BCUT2D eigenvalue weighted by Gasteiger charge is 2.31. The molecule has 1 aliphatic heterocycles. The first kappa shape index (κ1) is 20.0. The summed E-state index contributed by atoms with van der Waals surface area (Å²) >= 11 is 1.48. The Hall–Kier alpha value is -2.95. The number of carbonyl (C=O) groups excluding carboxylic acids is 1. The highest BCUT2D eigenvalue weighted by molar-refractivity contribution is 7.15. The zero-order valence-electron chi connectivity index (χ0n) is 17.5. The maximum absolute atomic E-state index is 12.9. The Kier molecular flexibility index (Phi) is 5.34. The van der Waals surface area contributed by atoms with Crippen LogP contribution in [0.15, 0.2) is 10.7 Å². The lowest BCUT2D eigenvalue weighted by Gasteiger charge is -2.33. The van der Waals surface area contributed by atoms with Crippen molar-refractivity contribution in [1.29, 1.82) is 0 Å². The third kappa shape index (κ3) is 4.27. The number of nitrogens with one attached hydrogen (secondary N) is 1. The molecule has 2 aliphatic rings. The minimum Gasteiger partial charge on any atom is -0.355 e. The number of piperidine rings is 1. The average molecular weight is 441 g/mol. The normalized spacial score (nSPS) is 18.9. The zero-order chi connectivity index (χ0) is 21.4. The van der Waals surface area contributed by atoms with E-state index in [0.717, 1.165) is 30.2 Å². The van der Waals surface area contributed by atoms with Crippen LogP contribution >= 0.6 is 11.3 Å². The van der Waals surface area contributed by atoms with Crippen LogP contribution in [0.4, 0.5) is 10.9 Å². The van der Waals surface area contributed by atoms with Gasteiger partial charge in [-0.3, -0.25) is 4.79 Å². The lowest BCUT2D eigenvalue weighted by molar-refractivity contribution is -0.120. The van der Waals surface area contributed by atoms with Gasteiger partial charge in [-0.15, -0.1) is 10.2 Å². The summed E-state index contributed by atoms with van der Waals surface area (Å²) in [7, 11) is 0. The quantitative estimate of drug-likeness (QED) is 0.616. The molecule has 1 amide bonds. The summed E-state index contributed by atoms with van der Waals surface area (Å²) < 4.78 is 5.43. The number of hydrogen-bond acceptors (Lipinski definition) is 10. The second-order valence-electron chi connectivity index (χ2n) is 8.02. The fourth-order valence-electron chi connectivity index (χ4n) is 3.73. The maximum Gasteiger partial charge on any atom is 0.263 e. The average Bonchev–Trinajstić information content (AvgIpc) is 3.34. The van der Waals surface area contributed by atoms with E-state index < -0.39 is 0 Å². The van der Waals surface area contributed by atoms with Crippen molar-refractivity contribution in [2.75, 3.05) is 23.3 Å². The molecule has 3 aromatic rings. The Labute approximate surface area is 183 Å². The number of nitrogens with zero attached hydrogens (tertiary/aromatic N) is 7. The van der Waals surface area contributed by atoms with Crippen LogP contribution in [0.1, 0.15) is 55.2 Å². The second kappa shape index (κ2) is 8.29. The van der Waals surface area contributed by atoms with Crippen molar-refractivity contribution in [2.45, 2.75) is 51.9 Å². The lowest BCUT2D eigenvalue weighted by atomic mass is 9.97. The molecule has 1 unspecified atom stereocenters. The van der Waals surface area contributed by atoms with Crippen molar-refractivity contribution >= 4 is 28.2 Å². The van der Waals surface area contributed by atoms with E-state index in [1.807, 2.05) is 13.8 Å². The summed E-state index contributed by atoms with van der Waals surface area (Å²) in [5.74, 6) is 2.76. The molecule has 2 fully saturated rings. The van der Waals surface area contributed by atoms with Gasteiger partial charge in [-0.25, -0.2) is 9.97 Å². The van der Waals surface area contributed by atoms with Crippen molar-refractivity contribution in [3.8, 4) is 11.5 Å². The van der Waals surface area contributed by atoms with Crippen LogP contribution in [-0.2, 0) is 11.2 Å². The van der Waals surface area contributed by atoms with Crippen molar-refractivity contribution in [1.82, 2.24) is 30.3 Å². The molecule has 3 aromatic heterocycles. The van der Waals surface area contributed by atoms with Gasteiger partial charge in [0.2, 0.25) is 11.0 Å². The van der Waals surface area contributed by atoms with Crippen LogP contribution < -0.4 is 10.2 Å². The van der Waals surface area contributed by atoms with Crippen LogP contribution in [0.3, 0.4) is 0 Å². The van der Waals surface area contributed by atoms with E-state index in [9.17, 15) is 4.79 Å². The molecule has 10 nitrogen and oxygen atoms in total. The molecule has 1 saturated carbocycles. The number of amides is 1. The summed E-state index contributed by atoms with van der Waals surface area (Å²) in [4.78, 5) is 28.5. The molecule has 0 bridgehead atoms. The van der Waals surface area contributed by atoms with E-state index in [1.54, 1.807) is 6.20 Å². The third-order valence-corrected chi connectivity index (χ3v) is 6.59. The molecule has 1 N–H and O–H groups in total. The molecule has 5 rings (SSSR count). The molecule has 162 valence electrons. The molecule has 0 aromatic carbocycles. The Morgan fingerprint density at radius 2 is 2.16 bits per heavy atom. The number of anilines is 2. The molecule has 31 heavy (non-hydrogen) atoms. The molecule has 11 heteroatoms. The smallest absolute Gasteiger partial charge is 0.263 e. The van der Waals surface area contributed by atoms with Gasteiger partial charge in [-0.05, 0) is 32.6 Å². The summed E-state index contributed by atoms with van der Waals surface area (Å²) in [6.45, 7) is 5.17. The monoisotopic (exact) mass is 440 g/mol. The SMILES string of the molecule is CCc1noc(-c2cnc(C)nc2N2CCCC(C(=O)Nc3nnc(C4CC4)s3)C2)n1. The lowest BCUT2D eigenvalue weighted by Crippen LogP contribution is -2.41. The molecular weight excluding hydrogens is 416 g/mol. The fraction of sp³-hybridized carbons (Fsp3) is 0.550. The van der Waals surface area contributed by atoms with Gasteiger partial charge in [0.1, 0.15) is 22.2 Å². The van der Waals surface area contributed by atoms with Crippen LogP contribution in [0.2, 0.25) is 0 Å². The summed E-state index contributed by atoms with van der Waals surface area (Å²) in [6, 6.07) is 0. The first-order chi connectivity index (χ1) is 15.1. The Bertz CT molecular complexity index is 1090. The fourth-order valence-corrected chi connectivity index (χ4v) is 4.64. The van der Waals surface area contributed by atoms with Gasteiger partial charge in [-0.1, -0.05) is 23.4 Å². The van der Waals surface area contributed by atoms with Gasteiger partial charge in [0.25, 0.3) is 5.89 Å². The van der Waals surface area contributed by atoms with E-state index in [1.165, 1.54) is 24.2 Å². The van der Waals surface area contributed by atoms with Crippen LogP contribution in [0.25, 0.3) is 11.5 Å². The largest absolute Gasteiger partial charge is 0.355 e. The van der Waals surface area contributed by atoms with E-state index in [0.29, 0.717) is 47.1 Å². The number of aryl methyl sites for hydroxylation is 2. The summed E-state index contributed by atoms with van der Waals surface area (Å²) in [5, 5.41) is 16.9. The zero-order valence-corrected chi connectivity index (χ0v) is 18.4. The van der Waals surface area contributed by atoms with Crippen molar-refractivity contribution in [3.63, 3.8) is 0 Å². The minimum atomic E-state index is -0.168. The Balaban J connectivity index is 1.33. The van der Waals surface area contributed by atoms with Gasteiger partial charge in [-0.2, -0.15) is 4.98 Å². The molecule has 1 saturated heterocycles. The summed E-state index contributed by atoms with van der Waals surface area (Å²) in [6.07, 6.45) is 6.44. The minimum absolute atomic E-state index is 0.0263. The highest BCUT2D eigenvalue weighted by atomic mass is 32.1. The van der Waals surface area contributed by atoms with Crippen molar-refractivity contribution in [2.24, 2.45) is 5.92 Å². The number of aromatic nitrogens is 6. The van der Waals surface area contributed by atoms with Crippen molar-refractivity contribution in [3.05, 3.63) is 22.9 Å². The topological polar surface area (TPSA) is 123 Å². The van der Waals surface area contributed by atoms with Gasteiger partial charge < -0.3 is 14.7 Å². The van der Waals surface area contributed by atoms with E-state index in [2.05, 4.69) is 40.5 Å². The molecule has 1 aliphatic carbocycles. The van der Waals surface area contributed by atoms with Gasteiger partial charge in [0, 0.05) is 31.6 Å². The number of rotatable bonds is 6. The molecule has 1 atom stereocenters. The number of hydrogen-bond donors (Lipinski definition) is 1. The van der Waals surface area contributed by atoms with E-state index in [4.69, 9.17) is 4.52 Å². The summed E-state index contributed by atoms with van der Waals surface area (Å²) in [5.41, 5.74) is 0.692. The maximum atomic E-state index is 12.9. The Morgan fingerprint density at radius 3 is 2.94 bits per heavy atom. The van der Waals surface area contributed by atoms with Crippen molar-refractivity contribution < 1.29 is 9.32 Å². The van der Waals surface area contributed by atoms with Crippen LogP contribution in [0.5, 0.6) is 0 Å². The Morgan fingerprint density at radius 1 is 1.29 bits per heavy atom. The molecular formula is C20H24N8O2S. The standard InChI is InChI=1S/C20H24N8O2S/c1-3-15-23-18(30-27-15)14-9-21-11(2)22-16(14)28-8-4-5-13(10-28)17(29)24-20-26-25-19(31-20)12-6-7-12/h9,12-13H,3-8,10H2,1-2H3,(H,24,26,29). The number of carbonyl (C=O) groups is 1. The molecule has 0 radical (unpaired) electrons. The van der Waals surface area contributed by atoms with Gasteiger partial charge in [0.15, 0.2) is 5.82 Å². The van der Waals surface area contributed by atoms with E-state index >= 15 is 0 Å². The second-order valence-corrected chi connectivity index (χ2v) is 9.03. The molecule has 4 heterocycles. The predicted molar refractivity (Wildman–Crippen MR) is 115 cm³/mol. The highest BCUT2D eigenvalue weighted by Crippen LogP contribution is 2.42. The molecule has 0 spiro atoms. The first-order valence-electron chi connectivity index (χ1n) is 10.7. The van der Waals surface area contributed by atoms with Gasteiger partial charge >= 0.3 is 0 Å². The van der Waals surface area contributed by atoms with Crippen LogP contribution in [-0.4, -0.2) is 49.3 Å². The van der Waals surface area contributed by atoms with Gasteiger partial charge in [0.05, 0.1) is 5.92 Å². The van der Waals surface area contributed by atoms with E-state index in [-0.39, 0.29) is 11.8 Å². The first-order valence-corrected chi connectivity index (χ1v) is 11.5.